The van der Waals surface area contributed by atoms with Gasteiger partial charge in [0.15, 0.2) is 140 Å². The van der Waals surface area contributed by atoms with Crippen molar-refractivity contribution in [3.05, 3.63) is 326 Å². The van der Waals surface area contributed by atoms with Crippen LogP contribution in [0.2, 0.25) is 0 Å². The van der Waals surface area contributed by atoms with Gasteiger partial charge in [-0.25, -0.2) is 147 Å². The molecule has 7 heterocycles. The summed E-state index contributed by atoms with van der Waals surface area (Å²) in [6.45, 7) is 0. The Labute approximate surface area is 543 Å². The zero-order valence-electron chi connectivity index (χ0n) is 48.1. The molecule has 0 radical (unpaired) electrons. The Kier molecular flexibility index (Phi) is 16.5. The predicted molar refractivity (Wildman–Crippen MR) is 295 cm³/mol. The lowest BCUT2D eigenvalue weighted by Crippen LogP contribution is -2.25. The molecule has 36 heteroatoms. The van der Waals surface area contributed by atoms with E-state index in [0.29, 0.717) is 60.7 Å². The molecule has 1 aromatic heterocycles. The van der Waals surface area contributed by atoms with Crippen LogP contribution < -0.4 is 5.32 Å². The summed E-state index contributed by atoms with van der Waals surface area (Å²) in [5, 5.41) is 2.06. The van der Waals surface area contributed by atoms with Crippen LogP contribution in [-0.4, -0.2) is 27.8 Å². The van der Waals surface area contributed by atoms with Crippen molar-refractivity contribution in [2.24, 2.45) is 20.0 Å². The lowest BCUT2D eigenvalue weighted by molar-refractivity contribution is 0.369. The normalized spacial score (nSPS) is 20.0. The van der Waals surface area contributed by atoms with Crippen LogP contribution in [0.5, 0.6) is 0 Å². The fourth-order valence-electron chi connectivity index (χ4n) is 11.4. The molecule has 6 aromatic carbocycles. The van der Waals surface area contributed by atoms with Crippen LogP contribution in [0.3, 0.4) is 0 Å². The minimum absolute atomic E-state index is 0.282. The molecule has 0 spiro atoms. The number of allylic oxidation sites excluding steroid dienone is 12. The second-order valence-electron chi connectivity index (χ2n) is 21.4. The van der Waals surface area contributed by atoms with Gasteiger partial charge >= 0.3 is 0 Å². The van der Waals surface area contributed by atoms with Crippen molar-refractivity contribution in [1.82, 2.24) is 10.3 Å². The molecule has 12 bridgehead atoms. The Balaban J connectivity index is 1.22. The van der Waals surface area contributed by atoms with Gasteiger partial charge in [0.2, 0.25) is 34.9 Å². The van der Waals surface area contributed by atoms with Gasteiger partial charge in [-0.05, 0) is 60.7 Å². The summed E-state index contributed by atoms with van der Waals surface area (Å²) >= 11 is 0. The third kappa shape index (κ3) is 10.0. The van der Waals surface area contributed by atoms with E-state index < -0.39 is 310 Å². The fourth-order valence-corrected chi connectivity index (χ4v) is 11.4. The van der Waals surface area contributed by atoms with Crippen molar-refractivity contribution in [2.75, 3.05) is 0 Å². The molecule has 0 aliphatic carbocycles. The molecule has 7 aromatic rings. The summed E-state index contributed by atoms with van der Waals surface area (Å²) in [4.78, 5) is 17.6. The van der Waals surface area contributed by atoms with Crippen LogP contribution in [0, 0.1) is 175 Å². The van der Waals surface area contributed by atoms with Gasteiger partial charge in [0.25, 0.3) is 0 Å². The van der Waals surface area contributed by atoms with E-state index in [1.165, 1.54) is 0 Å². The van der Waals surface area contributed by atoms with Gasteiger partial charge < -0.3 is 10.3 Å². The second kappa shape index (κ2) is 24.5. The predicted octanol–water partition coefficient (Wildman–Crippen LogP) is 18.4. The average molecular weight is 1460 g/mol. The number of rotatable bonds is 6. The molecule has 2 N–H and O–H groups in total. The van der Waals surface area contributed by atoms with Crippen LogP contribution >= 0.6 is 0 Å². The summed E-state index contributed by atoms with van der Waals surface area (Å²) < 4.78 is 472. The number of H-pyrrole nitrogens is 1. The standard InChI is InChI=1S/C66H14F30N6/c67-37-31(38(68)50(80)61(91)49(37)79)25-13-1-2-14(97-13)26(32-39(69)51(81)62(92)52(82)40(32)70)16-5-6-18(99-16)28(34-43(73)55(85)64(94)56(86)44(34)74)20-9-10-22(101-20)30(36-47(77)59(89)66(96)60(90)48(36)78)24-12-11-23(102-24)29(35-45(75)57(87)65(95)58(88)46(35)76)21-8-7-19(100-21)27(17-4-3-15(25)98-17)33-41(71)53(83)63(93)54(84)42(33)72/h1-11,30,97,102H/b25-15+,26-16-,27-19+,28-20+,29-23+. The largest absolute Gasteiger partial charge is 0.354 e. The zero-order chi connectivity index (χ0) is 73.9. The van der Waals surface area contributed by atoms with Crippen molar-refractivity contribution >= 4 is 50.7 Å². The Morgan fingerprint density at radius 2 is 0.500 bits per heavy atom. The number of hydrogen-bond acceptors (Lipinski definition) is 5. The molecule has 6 aliphatic heterocycles. The molecule has 0 saturated heterocycles. The van der Waals surface area contributed by atoms with E-state index in [1.807, 2.05) is 0 Å². The minimum Gasteiger partial charge on any atom is -0.354 e. The lowest BCUT2D eigenvalue weighted by atomic mass is 9.89. The van der Waals surface area contributed by atoms with Crippen molar-refractivity contribution in [2.45, 2.75) is 5.92 Å². The van der Waals surface area contributed by atoms with Crippen molar-refractivity contribution < 1.29 is 132 Å². The molecule has 1 atom stereocenters. The van der Waals surface area contributed by atoms with Gasteiger partial charge in [-0.2, -0.15) is 0 Å². The first-order valence-corrected chi connectivity index (χ1v) is 27.5. The quantitative estimate of drug-likeness (QED) is 0.0740. The molecule has 0 amide bonds. The number of nitrogens with one attached hydrogen (secondary N) is 2. The molecule has 13 rings (SSSR count). The summed E-state index contributed by atoms with van der Waals surface area (Å²) in [7, 11) is 0. The van der Waals surface area contributed by atoms with Crippen molar-refractivity contribution in [3.8, 4) is 0 Å². The molecule has 518 valence electrons. The summed E-state index contributed by atoms with van der Waals surface area (Å²) in [6.07, 6.45) is 3.09. The Morgan fingerprint density at radius 3 is 0.824 bits per heavy atom. The molecule has 1 unspecified atom stereocenters. The van der Waals surface area contributed by atoms with Crippen LogP contribution in [-0.2, 0) is 0 Å². The molecule has 6 nitrogen and oxygen atoms in total. The zero-order valence-corrected chi connectivity index (χ0v) is 48.1. The molecular weight excluding hydrogens is 1450 g/mol. The van der Waals surface area contributed by atoms with E-state index in [4.69, 9.17) is 0 Å². The number of fused-ring (bicyclic) bond motifs is 8. The summed E-state index contributed by atoms with van der Waals surface area (Å²) in [5.41, 5.74) is -35.3. The van der Waals surface area contributed by atoms with Gasteiger partial charge in [-0.3, -0.25) is 4.99 Å². The maximum atomic E-state index is 16.4. The van der Waals surface area contributed by atoms with Crippen LogP contribution in [0.25, 0.3) is 27.9 Å². The third-order valence-corrected chi connectivity index (χ3v) is 15.9. The summed E-state index contributed by atoms with van der Waals surface area (Å²) in [6, 6.07) is 0.772. The Hall–Kier alpha value is -11.8. The molecule has 0 fully saturated rings. The first kappa shape index (κ1) is 68.7. The molecular formula is C66H14F30N6. The fraction of sp³-hybridized carbons (Fsp3) is 0.0152. The monoisotopic (exact) mass is 1460 g/mol. The number of halogens is 30. The van der Waals surface area contributed by atoms with Crippen LogP contribution in [0.4, 0.5) is 132 Å². The van der Waals surface area contributed by atoms with E-state index in [1.54, 1.807) is 0 Å². The van der Waals surface area contributed by atoms with Gasteiger partial charge in [0.1, 0.15) is 0 Å². The Morgan fingerprint density at radius 1 is 0.255 bits per heavy atom. The smallest absolute Gasteiger partial charge is 0.200 e. The summed E-state index contributed by atoms with van der Waals surface area (Å²) in [5.74, 6) is -89.2. The van der Waals surface area contributed by atoms with Crippen molar-refractivity contribution in [1.29, 1.82) is 0 Å². The van der Waals surface area contributed by atoms with Crippen LogP contribution in [0.1, 0.15) is 50.7 Å². The van der Waals surface area contributed by atoms with E-state index in [-0.39, 0.29) is 6.08 Å². The highest BCUT2D eigenvalue weighted by molar-refractivity contribution is 6.36. The highest BCUT2D eigenvalue weighted by Gasteiger charge is 2.43. The molecule has 6 aliphatic rings. The van der Waals surface area contributed by atoms with Gasteiger partial charge in [0.05, 0.1) is 90.8 Å². The van der Waals surface area contributed by atoms with E-state index >= 15 is 105 Å². The second-order valence-corrected chi connectivity index (χ2v) is 21.4. The van der Waals surface area contributed by atoms with Crippen molar-refractivity contribution in [3.63, 3.8) is 0 Å². The minimum atomic E-state index is -3.00. The van der Waals surface area contributed by atoms with E-state index in [0.717, 1.165) is 0 Å². The van der Waals surface area contributed by atoms with E-state index in [2.05, 4.69) is 36.0 Å². The Bertz CT molecular complexity index is 5530. The SMILES string of the molecule is Fc1c(F)c(F)c(/C2=C3\C=CC(=N3)/C(c3c(F)c(F)c(F)c(F)c3F)=C3/C=C=C(N3)C(c3c(F)c(F)c(F)c(F)c3F)C3=N/C(=C(/c4c(F)c(F)c(F)c(F)c4F)C4=N/C(=C(\c5c(F)c(F)c(F)c(F)c5F)c5ccc([nH]5)/C(c5c(F)c(F)c(F)c(F)c5F)=C5/C=CC2=N5)C=C4)C=C3)c(F)c1F. The number of benzene rings is 6. The van der Waals surface area contributed by atoms with E-state index in [9.17, 15) is 26.3 Å². The molecule has 102 heavy (non-hydrogen) atoms. The van der Waals surface area contributed by atoms with Crippen LogP contribution in [0.15, 0.2) is 127 Å². The lowest BCUT2D eigenvalue weighted by Gasteiger charge is -2.22. The highest BCUT2D eigenvalue weighted by Crippen LogP contribution is 2.47. The average Bonchev–Trinajstić information content (AvgIpc) is 1.48. The number of hydrogen-bond donors (Lipinski definition) is 2. The number of aromatic nitrogens is 1. The topological polar surface area (TPSA) is 77.3 Å². The van der Waals surface area contributed by atoms with Gasteiger partial charge in [0, 0.05) is 50.9 Å². The maximum Gasteiger partial charge on any atom is 0.200 e. The maximum absolute atomic E-state index is 16.4. The number of nitrogens with zero attached hydrogens (tertiary/aromatic N) is 4. The third-order valence-electron chi connectivity index (χ3n) is 15.9. The number of aromatic amines is 1. The number of aliphatic imine (C=N–C) groups is 4. The first-order valence-electron chi connectivity index (χ1n) is 27.5. The highest BCUT2D eigenvalue weighted by atomic mass is 19.2. The molecule has 0 saturated carbocycles. The first-order chi connectivity index (χ1) is 48.1. The van der Waals surface area contributed by atoms with Gasteiger partial charge in [-0.1, -0.05) is 5.73 Å². The van der Waals surface area contributed by atoms with Gasteiger partial charge in [-0.15, -0.1) is 0 Å².